The van der Waals surface area contributed by atoms with Gasteiger partial charge in [-0.2, -0.15) is 5.10 Å². The Morgan fingerprint density at radius 2 is 2.44 bits per heavy atom. The molecule has 1 unspecified atom stereocenters. The Bertz CT molecular complexity index is 397. The SMILES string of the molecule is CCc1nn(C)cc1CNC1=NCC(C)S1. The zero-order chi connectivity index (χ0) is 11.5. The normalized spacial score (nSPS) is 19.9. The Labute approximate surface area is 101 Å². The molecular weight excluding hydrogens is 220 g/mol. The highest BCUT2D eigenvalue weighted by atomic mass is 32.2. The van der Waals surface area contributed by atoms with Gasteiger partial charge in [-0.25, -0.2) is 0 Å². The van der Waals surface area contributed by atoms with Gasteiger partial charge in [-0.15, -0.1) is 0 Å². The number of nitrogens with zero attached hydrogens (tertiary/aromatic N) is 3. The third-order valence-electron chi connectivity index (χ3n) is 2.56. The van der Waals surface area contributed by atoms with E-state index in [-0.39, 0.29) is 0 Å². The molecule has 5 heteroatoms. The summed E-state index contributed by atoms with van der Waals surface area (Å²) in [7, 11) is 1.96. The fourth-order valence-electron chi connectivity index (χ4n) is 1.77. The average Bonchev–Trinajstić information content (AvgIpc) is 2.81. The first-order valence-electron chi connectivity index (χ1n) is 5.65. The lowest BCUT2D eigenvalue weighted by Crippen LogP contribution is -2.19. The highest BCUT2D eigenvalue weighted by Crippen LogP contribution is 2.19. The van der Waals surface area contributed by atoms with Crippen LogP contribution in [0.5, 0.6) is 0 Å². The zero-order valence-corrected chi connectivity index (χ0v) is 10.8. The van der Waals surface area contributed by atoms with E-state index >= 15 is 0 Å². The van der Waals surface area contributed by atoms with Crippen LogP contribution in [0.4, 0.5) is 0 Å². The summed E-state index contributed by atoms with van der Waals surface area (Å²) in [5.74, 6) is 0. The molecule has 0 aliphatic carbocycles. The molecule has 16 heavy (non-hydrogen) atoms. The molecule has 1 atom stereocenters. The second-order valence-electron chi connectivity index (χ2n) is 4.06. The van der Waals surface area contributed by atoms with Crippen molar-refractivity contribution in [3.05, 3.63) is 17.5 Å². The molecule has 2 heterocycles. The summed E-state index contributed by atoms with van der Waals surface area (Å²) in [6, 6.07) is 0. The molecule has 0 bridgehead atoms. The minimum absolute atomic E-state index is 0.613. The van der Waals surface area contributed by atoms with Crippen molar-refractivity contribution >= 4 is 16.9 Å². The standard InChI is InChI=1S/C11H18N4S/c1-4-10-9(7-15(3)14-10)6-13-11-12-5-8(2)16-11/h7-8H,4-6H2,1-3H3,(H,12,13). The van der Waals surface area contributed by atoms with Crippen molar-refractivity contribution in [2.24, 2.45) is 12.0 Å². The van der Waals surface area contributed by atoms with Crippen LogP contribution in [0, 0.1) is 0 Å². The van der Waals surface area contributed by atoms with Crippen LogP contribution in [0.15, 0.2) is 11.2 Å². The first-order valence-corrected chi connectivity index (χ1v) is 6.53. The van der Waals surface area contributed by atoms with E-state index in [2.05, 4.69) is 35.5 Å². The lowest BCUT2D eigenvalue weighted by molar-refractivity contribution is 0.746. The van der Waals surface area contributed by atoms with Gasteiger partial charge in [0.15, 0.2) is 5.17 Å². The van der Waals surface area contributed by atoms with Crippen LogP contribution < -0.4 is 5.32 Å². The largest absolute Gasteiger partial charge is 0.361 e. The fourth-order valence-corrected chi connectivity index (χ4v) is 2.61. The third-order valence-corrected chi connectivity index (χ3v) is 3.61. The smallest absolute Gasteiger partial charge is 0.157 e. The van der Waals surface area contributed by atoms with Gasteiger partial charge in [0.25, 0.3) is 0 Å². The quantitative estimate of drug-likeness (QED) is 0.869. The van der Waals surface area contributed by atoms with Gasteiger partial charge in [-0.3, -0.25) is 9.67 Å². The summed E-state index contributed by atoms with van der Waals surface area (Å²) >= 11 is 1.82. The van der Waals surface area contributed by atoms with Crippen molar-refractivity contribution in [1.29, 1.82) is 0 Å². The minimum atomic E-state index is 0.613. The van der Waals surface area contributed by atoms with E-state index in [4.69, 9.17) is 0 Å². The number of hydrogen-bond acceptors (Lipinski definition) is 4. The second kappa shape index (κ2) is 4.91. The molecule has 0 spiro atoms. The van der Waals surface area contributed by atoms with E-state index in [1.54, 1.807) is 0 Å². The lowest BCUT2D eigenvalue weighted by Gasteiger charge is -2.05. The van der Waals surface area contributed by atoms with E-state index in [9.17, 15) is 0 Å². The highest BCUT2D eigenvalue weighted by molar-refractivity contribution is 8.14. The van der Waals surface area contributed by atoms with Crippen LogP contribution in [-0.4, -0.2) is 26.7 Å². The molecule has 1 aromatic heterocycles. The predicted octanol–water partition coefficient (Wildman–Crippen LogP) is 1.56. The molecule has 0 fully saturated rings. The summed E-state index contributed by atoms with van der Waals surface area (Å²) in [5.41, 5.74) is 2.44. The van der Waals surface area contributed by atoms with Crippen LogP contribution in [-0.2, 0) is 20.0 Å². The van der Waals surface area contributed by atoms with Crippen LogP contribution >= 0.6 is 11.8 Å². The molecule has 1 aliphatic rings. The monoisotopic (exact) mass is 238 g/mol. The van der Waals surface area contributed by atoms with E-state index in [1.165, 1.54) is 11.3 Å². The van der Waals surface area contributed by atoms with Crippen LogP contribution in [0.25, 0.3) is 0 Å². The Kier molecular flexibility index (Phi) is 3.53. The fraction of sp³-hybridized carbons (Fsp3) is 0.636. The molecule has 4 nitrogen and oxygen atoms in total. The second-order valence-corrected chi connectivity index (χ2v) is 5.48. The third kappa shape index (κ3) is 2.58. The van der Waals surface area contributed by atoms with Gasteiger partial charge in [0, 0.05) is 30.6 Å². The number of amidine groups is 1. The van der Waals surface area contributed by atoms with Crippen molar-refractivity contribution in [1.82, 2.24) is 15.1 Å². The minimum Gasteiger partial charge on any atom is -0.361 e. The molecule has 0 saturated carbocycles. The van der Waals surface area contributed by atoms with Gasteiger partial charge < -0.3 is 5.32 Å². The zero-order valence-electron chi connectivity index (χ0n) is 10.0. The molecule has 0 saturated heterocycles. The Hall–Kier alpha value is -0.970. The van der Waals surface area contributed by atoms with Gasteiger partial charge in [0.2, 0.25) is 0 Å². The van der Waals surface area contributed by atoms with Crippen molar-refractivity contribution in [2.45, 2.75) is 32.1 Å². The molecule has 0 amide bonds. The van der Waals surface area contributed by atoms with E-state index in [1.807, 2.05) is 23.5 Å². The van der Waals surface area contributed by atoms with E-state index < -0.39 is 0 Å². The molecule has 88 valence electrons. The predicted molar refractivity (Wildman–Crippen MR) is 68.8 cm³/mol. The number of thioether (sulfide) groups is 1. The highest BCUT2D eigenvalue weighted by Gasteiger charge is 2.15. The Balaban J connectivity index is 1.94. The Morgan fingerprint density at radius 1 is 1.62 bits per heavy atom. The molecule has 2 rings (SSSR count). The maximum Gasteiger partial charge on any atom is 0.157 e. The van der Waals surface area contributed by atoms with Gasteiger partial charge in [-0.05, 0) is 6.42 Å². The number of nitrogens with one attached hydrogen (secondary N) is 1. The molecule has 1 aliphatic heterocycles. The number of aryl methyl sites for hydroxylation is 2. The number of aromatic nitrogens is 2. The first-order chi connectivity index (χ1) is 7.69. The van der Waals surface area contributed by atoms with Gasteiger partial charge in [-0.1, -0.05) is 25.6 Å². The van der Waals surface area contributed by atoms with Crippen molar-refractivity contribution < 1.29 is 0 Å². The van der Waals surface area contributed by atoms with Gasteiger partial charge in [0.1, 0.15) is 0 Å². The summed E-state index contributed by atoms with van der Waals surface area (Å²) in [6.07, 6.45) is 3.06. The maximum atomic E-state index is 4.44. The van der Waals surface area contributed by atoms with Crippen LogP contribution in [0.3, 0.4) is 0 Å². The van der Waals surface area contributed by atoms with Gasteiger partial charge >= 0.3 is 0 Å². The van der Waals surface area contributed by atoms with Crippen molar-refractivity contribution in [3.8, 4) is 0 Å². The molecule has 1 aromatic rings. The van der Waals surface area contributed by atoms with Crippen molar-refractivity contribution in [2.75, 3.05) is 6.54 Å². The van der Waals surface area contributed by atoms with Crippen LogP contribution in [0.1, 0.15) is 25.1 Å². The number of hydrogen-bond donors (Lipinski definition) is 1. The summed E-state index contributed by atoms with van der Waals surface area (Å²) in [5, 5.41) is 9.48. The Morgan fingerprint density at radius 3 is 3.06 bits per heavy atom. The van der Waals surface area contributed by atoms with Crippen LogP contribution in [0.2, 0.25) is 0 Å². The summed E-state index contributed by atoms with van der Waals surface area (Å²) < 4.78 is 1.88. The maximum absolute atomic E-state index is 4.44. The molecule has 0 aromatic carbocycles. The van der Waals surface area contributed by atoms with Gasteiger partial charge in [0.05, 0.1) is 12.2 Å². The lowest BCUT2D eigenvalue weighted by atomic mass is 10.2. The van der Waals surface area contributed by atoms with E-state index in [0.717, 1.165) is 24.7 Å². The average molecular weight is 238 g/mol. The number of rotatable bonds is 3. The van der Waals surface area contributed by atoms with E-state index in [0.29, 0.717) is 5.25 Å². The molecular formula is C11H18N4S. The van der Waals surface area contributed by atoms with Crippen molar-refractivity contribution in [3.63, 3.8) is 0 Å². The first kappa shape index (κ1) is 11.5. The summed E-state index contributed by atoms with van der Waals surface area (Å²) in [6.45, 7) is 6.09. The topological polar surface area (TPSA) is 42.2 Å². The molecule has 1 N–H and O–H groups in total. The molecule has 0 radical (unpaired) electrons. The number of aliphatic imine (C=N–C) groups is 1. The summed E-state index contributed by atoms with van der Waals surface area (Å²) in [4.78, 5) is 4.44.